The van der Waals surface area contributed by atoms with Crippen molar-refractivity contribution in [2.24, 2.45) is 0 Å². The molecule has 0 spiro atoms. The van der Waals surface area contributed by atoms with Gasteiger partial charge in [-0.1, -0.05) is 11.6 Å². The lowest BCUT2D eigenvalue weighted by atomic mass is 9.94. The molecule has 8 nitrogen and oxygen atoms in total. The van der Waals surface area contributed by atoms with Crippen molar-refractivity contribution in [2.75, 3.05) is 7.11 Å². The molecule has 0 saturated heterocycles. The van der Waals surface area contributed by atoms with Crippen molar-refractivity contribution in [3.05, 3.63) is 56.6 Å². The topological polar surface area (TPSA) is 115 Å². The molecule has 0 aliphatic rings. The van der Waals surface area contributed by atoms with Crippen LogP contribution in [0.15, 0.2) is 24.3 Å². The van der Waals surface area contributed by atoms with E-state index in [-0.39, 0.29) is 16.4 Å². The van der Waals surface area contributed by atoms with Crippen LogP contribution in [0.4, 0.5) is 10.1 Å². The van der Waals surface area contributed by atoms with Gasteiger partial charge in [0.2, 0.25) is 5.75 Å². The second-order valence-electron chi connectivity index (χ2n) is 4.33. The normalized spacial score (nSPS) is 11.8. The second-order valence-corrected chi connectivity index (χ2v) is 4.72. The third kappa shape index (κ3) is 3.19. The van der Waals surface area contributed by atoms with E-state index in [1.54, 1.807) is 0 Å². The summed E-state index contributed by atoms with van der Waals surface area (Å²) in [4.78, 5) is 21.7. The number of aromatic hydroxyl groups is 1. The van der Waals surface area contributed by atoms with Crippen LogP contribution in [-0.2, 0) is 9.53 Å². The quantitative estimate of drug-likeness (QED) is 0.514. The second kappa shape index (κ2) is 6.53. The predicted octanol–water partition coefficient (Wildman–Crippen LogP) is 2.19. The Morgan fingerprint density at radius 1 is 1.39 bits per heavy atom. The zero-order valence-electron chi connectivity index (χ0n) is 11.6. The summed E-state index contributed by atoms with van der Waals surface area (Å²) in [5.74, 6) is -4.74. The Labute approximate surface area is 133 Å². The van der Waals surface area contributed by atoms with Gasteiger partial charge in [0.25, 0.3) is 0 Å². The maximum Gasteiger partial charge on any atom is 0.319 e. The van der Waals surface area contributed by atoms with E-state index in [1.165, 1.54) is 12.1 Å². The molecule has 0 fully saturated rings. The molecule has 0 aliphatic carbocycles. The number of esters is 1. The highest BCUT2D eigenvalue weighted by Crippen LogP contribution is 2.36. The summed E-state index contributed by atoms with van der Waals surface area (Å²) < 4.78 is 18.9. The average molecular weight is 342 g/mol. The first kappa shape index (κ1) is 16.6. The molecule has 23 heavy (non-hydrogen) atoms. The fraction of sp³-hybridized carbons (Fsp3) is 0.154. The first-order valence-electron chi connectivity index (χ1n) is 6.09. The lowest BCUT2D eigenvalue weighted by molar-refractivity contribution is -0.386. The van der Waals surface area contributed by atoms with Crippen molar-refractivity contribution in [1.82, 2.24) is 10.2 Å². The van der Waals surface area contributed by atoms with E-state index in [0.717, 1.165) is 19.2 Å². The first-order valence-corrected chi connectivity index (χ1v) is 6.47. The van der Waals surface area contributed by atoms with Crippen molar-refractivity contribution in [3.8, 4) is 5.75 Å². The molecule has 1 aromatic heterocycles. The zero-order chi connectivity index (χ0) is 17.1. The van der Waals surface area contributed by atoms with Crippen LogP contribution in [0.3, 0.4) is 0 Å². The van der Waals surface area contributed by atoms with E-state index in [9.17, 15) is 24.4 Å². The van der Waals surface area contributed by atoms with Gasteiger partial charge in [-0.2, -0.15) is 5.10 Å². The number of carbonyl (C=O) groups excluding carboxylic acids is 1. The Balaban J connectivity index is 2.61. The van der Waals surface area contributed by atoms with Gasteiger partial charge in [0.05, 0.1) is 17.7 Å². The number of phenols is 1. The standard InChI is InChI=1S/C13H9ClFN3O5/c1-23-13(20)10(7-3-5-9(14)17-16-7)6-2-4-8(18(21)22)12(19)11(6)15/h2-5,10,19H,1H3. The van der Waals surface area contributed by atoms with Crippen molar-refractivity contribution in [3.63, 3.8) is 0 Å². The molecule has 0 amide bonds. The summed E-state index contributed by atoms with van der Waals surface area (Å²) in [5.41, 5.74) is -1.15. The number of ether oxygens (including phenoxy) is 1. The van der Waals surface area contributed by atoms with E-state index >= 15 is 0 Å². The van der Waals surface area contributed by atoms with Gasteiger partial charge in [0.1, 0.15) is 5.92 Å². The summed E-state index contributed by atoms with van der Waals surface area (Å²) in [6, 6.07) is 4.55. The highest BCUT2D eigenvalue weighted by atomic mass is 35.5. The summed E-state index contributed by atoms with van der Waals surface area (Å²) in [7, 11) is 1.09. The number of hydrogen-bond acceptors (Lipinski definition) is 7. The molecule has 1 atom stereocenters. The molecule has 0 radical (unpaired) electrons. The number of aromatic nitrogens is 2. The SMILES string of the molecule is COC(=O)C(c1ccc(Cl)nn1)c1ccc([N+](=O)[O-])c(O)c1F. The van der Waals surface area contributed by atoms with Crippen LogP contribution >= 0.6 is 11.6 Å². The minimum Gasteiger partial charge on any atom is -0.500 e. The average Bonchev–Trinajstić information content (AvgIpc) is 2.52. The monoisotopic (exact) mass is 341 g/mol. The van der Waals surface area contributed by atoms with Crippen LogP contribution in [0.1, 0.15) is 17.2 Å². The van der Waals surface area contributed by atoms with Gasteiger partial charge in [0, 0.05) is 11.6 Å². The lowest BCUT2D eigenvalue weighted by Gasteiger charge is -2.15. The molecule has 1 N–H and O–H groups in total. The number of phenolic OH excluding ortho intramolecular Hbond substituents is 1. The van der Waals surface area contributed by atoms with Crippen LogP contribution in [0.25, 0.3) is 0 Å². The van der Waals surface area contributed by atoms with Gasteiger partial charge in [-0.15, -0.1) is 5.10 Å². The number of carbonyl (C=O) groups is 1. The fourth-order valence-corrected chi connectivity index (χ4v) is 2.05. The van der Waals surface area contributed by atoms with Gasteiger partial charge >= 0.3 is 11.7 Å². The van der Waals surface area contributed by atoms with Crippen LogP contribution in [0, 0.1) is 15.9 Å². The Hall–Kier alpha value is -2.81. The minimum absolute atomic E-state index is 0.00778. The molecule has 120 valence electrons. The number of nitro benzene ring substituents is 1. The molecule has 2 aromatic rings. The molecule has 0 aliphatic heterocycles. The molecule has 1 heterocycles. The van der Waals surface area contributed by atoms with Gasteiger partial charge in [-0.05, 0) is 18.2 Å². The molecular weight excluding hydrogens is 333 g/mol. The molecule has 0 saturated carbocycles. The first-order chi connectivity index (χ1) is 10.9. The van der Waals surface area contributed by atoms with Gasteiger partial charge < -0.3 is 9.84 Å². The van der Waals surface area contributed by atoms with E-state index in [4.69, 9.17) is 11.6 Å². The smallest absolute Gasteiger partial charge is 0.319 e. The molecule has 0 bridgehead atoms. The van der Waals surface area contributed by atoms with Gasteiger partial charge in [0.15, 0.2) is 11.0 Å². The Morgan fingerprint density at radius 2 is 2.09 bits per heavy atom. The van der Waals surface area contributed by atoms with Crippen molar-refractivity contribution in [2.45, 2.75) is 5.92 Å². The summed E-state index contributed by atoms with van der Waals surface area (Å²) in [6.45, 7) is 0. The van der Waals surface area contributed by atoms with Crippen LogP contribution in [0.5, 0.6) is 5.75 Å². The number of halogens is 2. The van der Waals surface area contributed by atoms with Crippen molar-refractivity contribution < 1.29 is 24.0 Å². The van der Waals surface area contributed by atoms with E-state index < -0.39 is 34.1 Å². The van der Waals surface area contributed by atoms with Crippen LogP contribution in [-0.4, -0.2) is 33.3 Å². The molecule has 1 aromatic carbocycles. The number of methoxy groups -OCH3 is 1. The number of nitrogens with zero attached hydrogens (tertiary/aromatic N) is 3. The third-order valence-corrected chi connectivity index (χ3v) is 3.22. The van der Waals surface area contributed by atoms with E-state index in [0.29, 0.717) is 0 Å². The molecule has 1 unspecified atom stereocenters. The highest BCUT2D eigenvalue weighted by Gasteiger charge is 2.32. The zero-order valence-corrected chi connectivity index (χ0v) is 12.3. The van der Waals surface area contributed by atoms with Crippen molar-refractivity contribution in [1.29, 1.82) is 0 Å². The number of rotatable bonds is 4. The molecular formula is C13H9ClFN3O5. The van der Waals surface area contributed by atoms with Gasteiger partial charge in [-0.3, -0.25) is 14.9 Å². The largest absolute Gasteiger partial charge is 0.500 e. The summed E-state index contributed by atoms with van der Waals surface area (Å²) >= 11 is 5.61. The Kier molecular flexibility index (Phi) is 4.70. The predicted molar refractivity (Wildman–Crippen MR) is 75.6 cm³/mol. The third-order valence-electron chi connectivity index (χ3n) is 3.02. The summed E-state index contributed by atoms with van der Waals surface area (Å²) in [6.07, 6.45) is 0. The lowest BCUT2D eigenvalue weighted by Crippen LogP contribution is -2.19. The maximum atomic E-state index is 14.3. The van der Waals surface area contributed by atoms with E-state index in [1.807, 2.05) is 0 Å². The number of nitro groups is 1. The number of benzene rings is 1. The Morgan fingerprint density at radius 3 is 2.61 bits per heavy atom. The highest BCUT2D eigenvalue weighted by molar-refractivity contribution is 6.29. The molecule has 10 heteroatoms. The van der Waals surface area contributed by atoms with Crippen molar-refractivity contribution >= 4 is 23.3 Å². The van der Waals surface area contributed by atoms with E-state index in [2.05, 4.69) is 14.9 Å². The Bertz CT molecular complexity index is 769. The molecule has 2 rings (SSSR count). The van der Waals surface area contributed by atoms with Gasteiger partial charge in [-0.25, -0.2) is 4.39 Å². The summed E-state index contributed by atoms with van der Waals surface area (Å²) in [5, 5.41) is 27.6. The number of hydrogen-bond donors (Lipinski definition) is 1. The maximum absolute atomic E-state index is 14.3. The van der Waals surface area contributed by atoms with Crippen LogP contribution in [0.2, 0.25) is 5.15 Å². The minimum atomic E-state index is -1.36. The van der Waals surface area contributed by atoms with Crippen LogP contribution < -0.4 is 0 Å². The fourth-order valence-electron chi connectivity index (χ4n) is 1.95.